The molecule has 1 aromatic rings. The first kappa shape index (κ1) is 8.60. The molecule has 11 heavy (non-hydrogen) atoms. The third kappa shape index (κ3) is 1.96. The molecule has 0 bridgehead atoms. The minimum absolute atomic E-state index is 1.14. The van der Waals surface area contributed by atoms with Crippen molar-refractivity contribution in [2.24, 2.45) is 0 Å². The predicted octanol–water partition coefficient (Wildman–Crippen LogP) is 2.82. The molecule has 0 unspecified atom stereocenters. The summed E-state index contributed by atoms with van der Waals surface area (Å²) >= 11 is 3.43. The molecule has 0 fully saturated rings. The zero-order valence-corrected chi connectivity index (χ0v) is 8.64. The van der Waals surface area contributed by atoms with Crippen molar-refractivity contribution in [3.05, 3.63) is 28.2 Å². The van der Waals surface area contributed by atoms with Gasteiger partial charge in [0.1, 0.15) is 0 Å². The number of benzene rings is 1. The van der Waals surface area contributed by atoms with Crippen LogP contribution in [0.15, 0.2) is 22.7 Å². The van der Waals surface area contributed by atoms with Crippen LogP contribution in [0, 0.1) is 6.92 Å². The maximum absolute atomic E-state index is 3.43. The number of hydrogen-bond acceptors (Lipinski definition) is 1. The average molecular weight is 214 g/mol. The lowest BCUT2D eigenvalue weighted by Gasteiger charge is -2.15. The molecule has 0 aliphatic rings. The first-order chi connectivity index (χ1) is 5.11. The van der Waals surface area contributed by atoms with E-state index in [0.29, 0.717) is 0 Å². The third-order valence-corrected chi connectivity index (χ3v) is 2.13. The van der Waals surface area contributed by atoms with E-state index < -0.39 is 0 Å². The van der Waals surface area contributed by atoms with Crippen LogP contribution in [0.25, 0.3) is 0 Å². The lowest BCUT2D eigenvalue weighted by atomic mass is 10.2. The lowest BCUT2D eigenvalue weighted by Crippen LogP contribution is -2.09. The summed E-state index contributed by atoms with van der Waals surface area (Å²) in [4.78, 5) is 2.11. The number of halogens is 1. The predicted molar refractivity (Wildman–Crippen MR) is 53.2 cm³/mol. The van der Waals surface area contributed by atoms with Gasteiger partial charge in [-0.2, -0.15) is 0 Å². The van der Waals surface area contributed by atoms with E-state index in [1.807, 2.05) is 0 Å². The van der Waals surface area contributed by atoms with Crippen molar-refractivity contribution in [2.75, 3.05) is 19.0 Å². The fraction of sp³-hybridized carbons (Fsp3) is 0.333. The van der Waals surface area contributed by atoms with E-state index in [1.54, 1.807) is 0 Å². The maximum Gasteiger partial charge on any atom is 0.0391 e. The van der Waals surface area contributed by atoms with Gasteiger partial charge in [-0.15, -0.1) is 0 Å². The SMILES string of the molecule is Cc1cc(Br)ccc1N(C)C. The summed E-state index contributed by atoms with van der Waals surface area (Å²) in [5, 5.41) is 0. The Kier molecular flexibility index (Phi) is 2.55. The topological polar surface area (TPSA) is 3.24 Å². The molecular formula is C9H12BrN. The molecule has 0 atom stereocenters. The Labute approximate surface area is 76.2 Å². The molecule has 60 valence electrons. The van der Waals surface area contributed by atoms with E-state index in [1.165, 1.54) is 11.3 Å². The lowest BCUT2D eigenvalue weighted by molar-refractivity contribution is 1.11. The smallest absolute Gasteiger partial charge is 0.0391 e. The van der Waals surface area contributed by atoms with Crippen LogP contribution in [0.3, 0.4) is 0 Å². The molecular weight excluding hydrogens is 202 g/mol. The highest BCUT2D eigenvalue weighted by molar-refractivity contribution is 9.10. The van der Waals surface area contributed by atoms with Crippen LogP contribution < -0.4 is 4.90 Å². The van der Waals surface area contributed by atoms with Crippen molar-refractivity contribution in [3.8, 4) is 0 Å². The molecule has 0 saturated heterocycles. The Bertz CT molecular complexity index is 256. The van der Waals surface area contributed by atoms with E-state index in [0.717, 1.165) is 4.47 Å². The molecule has 0 aliphatic carbocycles. The van der Waals surface area contributed by atoms with E-state index in [9.17, 15) is 0 Å². The van der Waals surface area contributed by atoms with Crippen LogP contribution >= 0.6 is 15.9 Å². The van der Waals surface area contributed by atoms with Gasteiger partial charge < -0.3 is 4.90 Å². The van der Waals surface area contributed by atoms with Crippen LogP contribution in [-0.2, 0) is 0 Å². The van der Waals surface area contributed by atoms with Gasteiger partial charge in [0.25, 0.3) is 0 Å². The van der Waals surface area contributed by atoms with Gasteiger partial charge in [-0.3, -0.25) is 0 Å². The Hall–Kier alpha value is -0.500. The molecule has 0 aliphatic heterocycles. The third-order valence-electron chi connectivity index (χ3n) is 1.64. The summed E-state index contributed by atoms with van der Waals surface area (Å²) < 4.78 is 1.14. The maximum atomic E-state index is 3.43. The van der Waals surface area contributed by atoms with E-state index in [4.69, 9.17) is 0 Å². The van der Waals surface area contributed by atoms with Crippen molar-refractivity contribution in [2.45, 2.75) is 6.92 Å². The van der Waals surface area contributed by atoms with Gasteiger partial charge in [-0.1, -0.05) is 15.9 Å². The first-order valence-electron chi connectivity index (χ1n) is 3.55. The normalized spacial score (nSPS) is 9.82. The van der Waals surface area contributed by atoms with E-state index >= 15 is 0 Å². The summed E-state index contributed by atoms with van der Waals surface area (Å²) in [7, 11) is 4.10. The fourth-order valence-corrected chi connectivity index (χ4v) is 1.60. The van der Waals surface area contributed by atoms with Crippen molar-refractivity contribution in [3.63, 3.8) is 0 Å². The molecule has 1 nitrogen and oxygen atoms in total. The molecule has 2 heteroatoms. The zero-order valence-electron chi connectivity index (χ0n) is 7.06. The van der Waals surface area contributed by atoms with Gasteiger partial charge in [-0.05, 0) is 30.7 Å². The van der Waals surface area contributed by atoms with Crippen LogP contribution in [-0.4, -0.2) is 14.1 Å². The molecule has 1 aromatic carbocycles. The first-order valence-corrected chi connectivity index (χ1v) is 4.34. The van der Waals surface area contributed by atoms with Gasteiger partial charge in [0.15, 0.2) is 0 Å². The molecule has 0 radical (unpaired) electrons. The van der Waals surface area contributed by atoms with Gasteiger partial charge in [0, 0.05) is 24.3 Å². The summed E-state index contributed by atoms with van der Waals surface area (Å²) in [6, 6.07) is 6.29. The summed E-state index contributed by atoms with van der Waals surface area (Å²) in [6.45, 7) is 2.11. The van der Waals surface area contributed by atoms with Gasteiger partial charge >= 0.3 is 0 Å². The van der Waals surface area contributed by atoms with Crippen LogP contribution in [0.4, 0.5) is 5.69 Å². The monoisotopic (exact) mass is 213 g/mol. The quantitative estimate of drug-likeness (QED) is 0.694. The second-order valence-corrected chi connectivity index (χ2v) is 3.74. The van der Waals surface area contributed by atoms with E-state index in [2.05, 4.69) is 60.0 Å². The minimum atomic E-state index is 1.14. The number of nitrogens with zero attached hydrogens (tertiary/aromatic N) is 1. The second kappa shape index (κ2) is 3.26. The number of hydrogen-bond donors (Lipinski definition) is 0. The largest absolute Gasteiger partial charge is 0.377 e. The van der Waals surface area contributed by atoms with Crippen molar-refractivity contribution in [1.82, 2.24) is 0 Å². The van der Waals surface area contributed by atoms with Crippen molar-refractivity contribution >= 4 is 21.6 Å². The summed E-state index contributed by atoms with van der Waals surface area (Å²) in [5.41, 5.74) is 2.57. The molecule has 0 amide bonds. The molecule has 0 N–H and O–H groups in total. The highest BCUT2D eigenvalue weighted by Gasteiger charge is 1.98. The summed E-state index contributed by atoms with van der Waals surface area (Å²) in [6.07, 6.45) is 0. The van der Waals surface area contributed by atoms with E-state index in [-0.39, 0.29) is 0 Å². The van der Waals surface area contributed by atoms with Crippen LogP contribution in [0.1, 0.15) is 5.56 Å². The Morgan fingerprint density at radius 2 is 1.91 bits per heavy atom. The average Bonchev–Trinajstić information content (AvgIpc) is 1.85. The van der Waals surface area contributed by atoms with Gasteiger partial charge in [0.05, 0.1) is 0 Å². The fourth-order valence-electron chi connectivity index (χ4n) is 1.12. The number of rotatable bonds is 1. The molecule has 0 heterocycles. The van der Waals surface area contributed by atoms with Crippen molar-refractivity contribution in [1.29, 1.82) is 0 Å². The second-order valence-electron chi connectivity index (χ2n) is 2.83. The Morgan fingerprint density at radius 1 is 1.27 bits per heavy atom. The number of aryl methyl sites for hydroxylation is 1. The summed E-state index contributed by atoms with van der Waals surface area (Å²) in [5.74, 6) is 0. The minimum Gasteiger partial charge on any atom is -0.377 e. The van der Waals surface area contributed by atoms with Crippen LogP contribution in [0.5, 0.6) is 0 Å². The zero-order chi connectivity index (χ0) is 8.43. The molecule has 0 aromatic heterocycles. The van der Waals surface area contributed by atoms with Crippen LogP contribution in [0.2, 0.25) is 0 Å². The van der Waals surface area contributed by atoms with Gasteiger partial charge in [-0.25, -0.2) is 0 Å². The highest BCUT2D eigenvalue weighted by atomic mass is 79.9. The van der Waals surface area contributed by atoms with Gasteiger partial charge in [0.2, 0.25) is 0 Å². The molecule has 1 rings (SSSR count). The molecule has 0 spiro atoms. The molecule has 0 saturated carbocycles. The Balaban J connectivity index is 3.09. The highest BCUT2D eigenvalue weighted by Crippen LogP contribution is 2.21. The van der Waals surface area contributed by atoms with Crippen molar-refractivity contribution < 1.29 is 0 Å². The Morgan fingerprint density at radius 3 is 2.36 bits per heavy atom. The number of anilines is 1. The standard InChI is InChI=1S/C9H12BrN/c1-7-6-8(10)4-5-9(7)11(2)3/h4-6H,1-3H3.